The van der Waals surface area contributed by atoms with Crippen molar-refractivity contribution in [3.63, 3.8) is 0 Å². The summed E-state index contributed by atoms with van der Waals surface area (Å²) in [5.74, 6) is 0.156. The Bertz CT molecular complexity index is 1130. The molecule has 1 unspecified atom stereocenters. The molecule has 1 aromatic carbocycles. The third kappa shape index (κ3) is 4.96. The molecular weight excluding hydrogens is 438 g/mol. The Balaban J connectivity index is 1.55. The summed E-state index contributed by atoms with van der Waals surface area (Å²) in [7, 11) is 1.48. The fraction of sp³-hybridized carbons (Fsp3) is 0.417. The summed E-state index contributed by atoms with van der Waals surface area (Å²) < 4.78 is 12.2. The van der Waals surface area contributed by atoms with Crippen LogP contribution < -0.4 is 10.1 Å². The molecule has 0 spiro atoms. The topological polar surface area (TPSA) is 123 Å². The second-order valence-corrected chi connectivity index (χ2v) is 8.72. The smallest absolute Gasteiger partial charge is 0.254 e. The van der Waals surface area contributed by atoms with Gasteiger partial charge in [-0.3, -0.25) is 9.59 Å². The van der Waals surface area contributed by atoms with Crippen LogP contribution in [-0.2, 0) is 16.1 Å². The number of rotatable bonds is 8. The Labute approximate surface area is 197 Å². The van der Waals surface area contributed by atoms with Crippen molar-refractivity contribution in [1.29, 1.82) is 0 Å². The second kappa shape index (κ2) is 10.1. The average Bonchev–Trinajstić information content (AvgIpc) is 3.54. The zero-order valence-corrected chi connectivity index (χ0v) is 19.4. The van der Waals surface area contributed by atoms with Gasteiger partial charge < -0.3 is 29.2 Å². The minimum atomic E-state index is -0.700. The highest BCUT2D eigenvalue weighted by Gasteiger charge is 2.42. The SMILES string of the molecule is COc1cc(C(C(=O)N2C[C@H](O)C[C@H]2c2nccn2CC(=O)Nc2ccccc2)C(C)C)on1. The van der Waals surface area contributed by atoms with E-state index in [9.17, 15) is 14.7 Å². The number of likely N-dealkylation sites (tertiary alicyclic amines) is 1. The van der Waals surface area contributed by atoms with Crippen molar-refractivity contribution in [1.82, 2.24) is 19.6 Å². The molecule has 2 N–H and O–H groups in total. The van der Waals surface area contributed by atoms with Crippen molar-refractivity contribution in [2.24, 2.45) is 5.92 Å². The predicted octanol–water partition coefficient (Wildman–Crippen LogP) is 2.59. The minimum absolute atomic E-state index is 0.0335. The number of imidazole rings is 1. The molecule has 10 heteroatoms. The Kier molecular flexibility index (Phi) is 6.97. The summed E-state index contributed by atoms with van der Waals surface area (Å²) in [6.45, 7) is 4.05. The lowest BCUT2D eigenvalue weighted by molar-refractivity contribution is -0.135. The molecule has 0 radical (unpaired) electrons. The zero-order chi connectivity index (χ0) is 24.2. The van der Waals surface area contributed by atoms with Gasteiger partial charge in [0.05, 0.1) is 19.3 Å². The number of hydrogen-bond donors (Lipinski definition) is 2. The van der Waals surface area contributed by atoms with E-state index in [1.165, 1.54) is 7.11 Å². The summed E-state index contributed by atoms with van der Waals surface area (Å²) in [6.07, 6.45) is 2.93. The number of nitrogens with one attached hydrogen (secondary N) is 1. The number of para-hydroxylation sites is 1. The predicted molar refractivity (Wildman–Crippen MR) is 123 cm³/mol. The molecule has 34 heavy (non-hydrogen) atoms. The first-order valence-corrected chi connectivity index (χ1v) is 11.2. The largest absolute Gasteiger partial charge is 0.479 e. The first kappa shape index (κ1) is 23.5. The van der Waals surface area contributed by atoms with Crippen molar-refractivity contribution in [2.45, 2.75) is 44.9 Å². The molecule has 3 aromatic rings. The fourth-order valence-corrected chi connectivity index (χ4v) is 4.36. The number of aromatic nitrogens is 3. The standard InChI is InChI=1S/C24H29N5O5/c1-15(2)22(19-12-21(33-3)27-34-19)24(32)29-13-17(30)11-18(29)23-25-9-10-28(23)14-20(31)26-16-7-5-4-6-8-16/h4-10,12,15,17-18,22,30H,11,13-14H2,1-3H3,(H,26,31)/t17-,18+,22?/m1/s1. The molecule has 3 heterocycles. The molecule has 2 amide bonds. The van der Waals surface area contributed by atoms with Crippen molar-refractivity contribution in [3.8, 4) is 5.88 Å². The van der Waals surface area contributed by atoms with E-state index >= 15 is 0 Å². The highest BCUT2D eigenvalue weighted by molar-refractivity contribution is 5.90. The number of amides is 2. The van der Waals surface area contributed by atoms with Gasteiger partial charge in [0.15, 0.2) is 5.76 Å². The van der Waals surface area contributed by atoms with Crippen LogP contribution in [0.3, 0.4) is 0 Å². The van der Waals surface area contributed by atoms with E-state index in [2.05, 4.69) is 15.5 Å². The normalized spacial score (nSPS) is 18.8. The van der Waals surface area contributed by atoms with Gasteiger partial charge in [-0.25, -0.2) is 4.98 Å². The quantitative estimate of drug-likeness (QED) is 0.522. The van der Waals surface area contributed by atoms with Crippen molar-refractivity contribution in [3.05, 3.63) is 60.4 Å². The van der Waals surface area contributed by atoms with Gasteiger partial charge >= 0.3 is 0 Å². The number of aliphatic hydroxyl groups is 1. The van der Waals surface area contributed by atoms with Crippen LogP contribution in [0.4, 0.5) is 5.69 Å². The van der Waals surface area contributed by atoms with Gasteiger partial charge in [0, 0.05) is 37.1 Å². The summed E-state index contributed by atoms with van der Waals surface area (Å²) in [5.41, 5.74) is 0.699. The lowest BCUT2D eigenvalue weighted by Crippen LogP contribution is -2.38. The third-order valence-corrected chi connectivity index (χ3v) is 5.93. The highest BCUT2D eigenvalue weighted by atomic mass is 16.5. The number of ether oxygens (including phenoxy) is 1. The monoisotopic (exact) mass is 467 g/mol. The van der Waals surface area contributed by atoms with Gasteiger partial charge in [0.25, 0.3) is 5.88 Å². The van der Waals surface area contributed by atoms with Gasteiger partial charge in [0.1, 0.15) is 18.3 Å². The number of benzene rings is 1. The van der Waals surface area contributed by atoms with Crippen LogP contribution in [0.2, 0.25) is 0 Å². The first-order chi connectivity index (χ1) is 16.4. The third-order valence-electron chi connectivity index (χ3n) is 5.93. The van der Waals surface area contributed by atoms with Gasteiger partial charge in [-0.15, -0.1) is 0 Å². The maximum absolute atomic E-state index is 13.7. The summed E-state index contributed by atoms with van der Waals surface area (Å²) in [6, 6.07) is 10.3. The molecule has 4 rings (SSSR count). The van der Waals surface area contributed by atoms with Crippen LogP contribution in [0.1, 0.15) is 43.8 Å². The van der Waals surface area contributed by atoms with Gasteiger partial charge in [-0.2, -0.15) is 0 Å². The number of carbonyl (C=O) groups is 2. The maximum Gasteiger partial charge on any atom is 0.254 e. The number of aliphatic hydroxyl groups excluding tert-OH is 1. The number of hydrogen-bond acceptors (Lipinski definition) is 7. The Morgan fingerprint density at radius 3 is 2.74 bits per heavy atom. The number of β-amino-alcohol motifs (C(OH)–C–C–N with tert-alkyl or cyclic N) is 1. The molecule has 0 saturated carbocycles. The maximum atomic E-state index is 13.7. The van der Waals surface area contributed by atoms with E-state index in [0.717, 1.165) is 0 Å². The number of anilines is 1. The second-order valence-electron chi connectivity index (χ2n) is 8.72. The van der Waals surface area contributed by atoms with E-state index in [1.54, 1.807) is 27.9 Å². The van der Waals surface area contributed by atoms with E-state index in [4.69, 9.17) is 9.26 Å². The fourth-order valence-electron chi connectivity index (χ4n) is 4.36. The molecule has 180 valence electrons. The number of methoxy groups -OCH3 is 1. The number of carbonyl (C=O) groups excluding carboxylic acids is 2. The molecule has 2 aromatic heterocycles. The van der Waals surface area contributed by atoms with Crippen LogP contribution in [0.25, 0.3) is 0 Å². The molecule has 1 saturated heterocycles. The molecule has 1 aliphatic rings. The van der Waals surface area contributed by atoms with Crippen molar-refractivity contribution >= 4 is 17.5 Å². The van der Waals surface area contributed by atoms with Crippen molar-refractivity contribution < 1.29 is 24.0 Å². The Morgan fingerprint density at radius 1 is 1.29 bits per heavy atom. The molecular formula is C24H29N5O5. The summed E-state index contributed by atoms with van der Waals surface area (Å²) in [5, 5.41) is 17.1. The average molecular weight is 468 g/mol. The summed E-state index contributed by atoms with van der Waals surface area (Å²) >= 11 is 0. The van der Waals surface area contributed by atoms with Crippen LogP contribution in [0, 0.1) is 5.92 Å². The van der Waals surface area contributed by atoms with E-state index in [-0.39, 0.29) is 30.8 Å². The summed E-state index contributed by atoms with van der Waals surface area (Å²) in [4.78, 5) is 32.4. The van der Waals surface area contributed by atoms with Crippen LogP contribution >= 0.6 is 0 Å². The Morgan fingerprint density at radius 2 is 2.06 bits per heavy atom. The van der Waals surface area contributed by atoms with Crippen molar-refractivity contribution in [2.75, 3.05) is 19.0 Å². The first-order valence-electron chi connectivity index (χ1n) is 11.2. The Hall–Kier alpha value is -3.66. The van der Waals surface area contributed by atoms with Gasteiger partial charge in [-0.1, -0.05) is 32.0 Å². The van der Waals surface area contributed by atoms with Gasteiger partial charge in [0.2, 0.25) is 11.8 Å². The van der Waals surface area contributed by atoms with E-state index in [0.29, 0.717) is 29.6 Å². The minimum Gasteiger partial charge on any atom is -0.479 e. The lowest BCUT2D eigenvalue weighted by atomic mass is 9.91. The van der Waals surface area contributed by atoms with Crippen LogP contribution in [-0.4, -0.2) is 56.3 Å². The molecule has 3 atom stereocenters. The molecule has 0 aliphatic carbocycles. The number of nitrogens with zero attached hydrogens (tertiary/aromatic N) is 4. The van der Waals surface area contributed by atoms with Crippen LogP contribution in [0.15, 0.2) is 53.3 Å². The molecule has 1 fully saturated rings. The zero-order valence-electron chi connectivity index (χ0n) is 19.4. The molecule has 0 bridgehead atoms. The highest BCUT2D eigenvalue weighted by Crippen LogP contribution is 2.37. The van der Waals surface area contributed by atoms with E-state index < -0.39 is 18.1 Å². The molecule has 10 nitrogen and oxygen atoms in total. The van der Waals surface area contributed by atoms with Crippen LogP contribution in [0.5, 0.6) is 5.88 Å². The molecule has 1 aliphatic heterocycles. The van der Waals surface area contributed by atoms with Gasteiger partial charge in [-0.05, 0) is 23.2 Å². The lowest BCUT2D eigenvalue weighted by Gasteiger charge is -2.29. The van der Waals surface area contributed by atoms with E-state index in [1.807, 2.05) is 44.2 Å².